The van der Waals surface area contributed by atoms with Crippen LogP contribution in [0.4, 0.5) is 16.0 Å². The normalized spacial score (nSPS) is 15.1. The Balaban J connectivity index is 1.31. The second-order valence-corrected chi connectivity index (χ2v) is 9.05. The van der Waals surface area contributed by atoms with E-state index >= 15 is 0 Å². The third kappa shape index (κ3) is 3.71. The van der Waals surface area contributed by atoms with Crippen molar-refractivity contribution in [1.82, 2.24) is 28.8 Å². The Morgan fingerprint density at radius 1 is 1.06 bits per heavy atom. The summed E-state index contributed by atoms with van der Waals surface area (Å²) in [5.74, 6) is 2.44. The molecule has 1 aromatic carbocycles. The predicted octanol–water partition coefficient (Wildman–Crippen LogP) is 5.14. The van der Waals surface area contributed by atoms with Crippen molar-refractivity contribution in [1.29, 1.82) is 0 Å². The van der Waals surface area contributed by atoms with E-state index in [1.165, 1.54) is 9.78 Å². The Labute approximate surface area is 201 Å². The molecule has 0 spiro atoms. The summed E-state index contributed by atoms with van der Waals surface area (Å²) in [5, 5.41) is 16.3. The van der Waals surface area contributed by atoms with Crippen molar-refractivity contribution in [2.75, 3.05) is 5.32 Å². The first-order valence-corrected chi connectivity index (χ1v) is 11.5. The first kappa shape index (κ1) is 20.9. The van der Waals surface area contributed by atoms with E-state index in [1.807, 2.05) is 30.3 Å². The minimum absolute atomic E-state index is 0.158. The maximum absolute atomic E-state index is 14.1. The molecule has 9 heteroatoms. The molecule has 1 unspecified atom stereocenters. The number of halogens is 1. The van der Waals surface area contributed by atoms with E-state index in [4.69, 9.17) is 0 Å². The van der Waals surface area contributed by atoms with E-state index < -0.39 is 0 Å². The van der Waals surface area contributed by atoms with Crippen molar-refractivity contribution in [3.8, 4) is 11.1 Å². The number of benzene rings is 1. The van der Waals surface area contributed by atoms with E-state index in [-0.39, 0.29) is 11.7 Å². The molecular formula is C25H22FN7S. The van der Waals surface area contributed by atoms with Crippen LogP contribution in [-0.4, -0.2) is 28.8 Å². The Kier molecular flexibility index (Phi) is 5.06. The van der Waals surface area contributed by atoms with Crippen LogP contribution >= 0.6 is 12.8 Å². The van der Waals surface area contributed by atoms with Gasteiger partial charge in [0.2, 0.25) is 0 Å². The molecule has 5 heterocycles. The Bertz CT molecular complexity index is 1520. The van der Waals surface area contributed by atoms with E-state index in [0.717, 1.165) is 53.2 Å². The summed E-state index contributed by atoms with van der Waals surface area (Å²) < 4.78 is 17.7. The molecule has 0 saturated heterocycles. The van der Waals surface area contributed by atoms with Gasteiger partial charge in [0.1, 0.15) is 23.3 Å². The number of aromatic nitrogens is 6. The van der Waals surface area contributed by atoms with Crippen LogP contribution < -0.4 is 5.32 Å². The number of anilines is 2. The summed E-state index contributed by atoms with van der Waals surface area (Å²) in [4.78, 5) is 4.42. The molecule has 0 bridgehead atoms. The highest BCUT2D eigenvalue weighted by atomic mass is 32.1. The number of rotatable bonds is 5. The largest absolute Gasteiger partial charge is 0.324 e. The van der Waals surface area contributed by atoms with E-state index in [9.17, 15) is 4.39 Å². The van der Waals surface area contributed by atoms with Crippen LogP contribution in [0.25, 0.3) is 16.8 Å². The molecule has 170 valence electrons. The lowest BCUT2D eigenvalue weighted by molar-refractivity contribution is 0.536. The van der Waals surface area contributed by atoms with Gasteiger partial charge < -0.3 is 5.32 Å². The summed E-state index contributed by atoms with van der Waals surface area (Å²) >= 11 is 4.28. The topological polar surface area (TPSA) is 72.9 Å². The van der Waals surface area contributed by atoms with Gasteiger partial charge in [-0.25, -0.2) is 9.37 Å². The van der Waals surface area contributed by atoms with Crippen LogP contribution in [0, 0.1) is 12.7 Å². The highest BCUT2D eigenvalue weighted by Crippen LogP contribution is 2.34. The zero-order chi connectivity index (χ0) is 23.2. The van der Waals surface area contributed by atoms with Gasteiger partial charge in [-0.15, -0.1) is 10.2 Å². The van der Waals surface area contributed by atoms with Crippen molar-refractivity contribution < 1.29 is 4.39 Å². The van der Waals surface area contributed by atoms with Crippen molar-refractivity contribution in [3.05, 3.63) is 89.4 Å². The van der Waals surface area contributed by atoms with Crippen LogP contribution in [-0.2, 0) is 12.8 Å². The molecular weight excluding hydrogens is 449 g/mol. The summed E-state index contributed by atoms with van der Waals surface area (Å²) in [6.45, 7) is 1.78. The zero-order valence-corrected chi connectivity index (χ0v) is 19.4. The van der Waals surface area contributed by atoms with Gasteiger partial charge in [0, 0.05) is 23.9 Å². The minimum atomic E-state index is -0.158. The summed E-state index contributed by atoms with van der Waals surface area (Å²) in [7, 11) is 0. The number of nitrogens with zero attached hydrogens (tertiary/aromatic N) is 6. The van der Waals surface area contributed by atoms with Crippen molar-refractivity contribution >= 4 is 30.1 Å². The SMILES string of the molecule is Cc1ccc(CC2CCc3cc(-c4ccnc(Nc5ccnn5S)c4)cc4nnc2n34)cc1F. The van der Waals surface area contributed by atoms with Crippen LogP contribution in [0.3, 0.4) is 0 Å². The molecule has 4 aromatic heterocycles. The molecule has 0 radical (unpaired) electrons. The highest BCUT2D eigenvalue weighted by molar-refractivity contribution is 7.78. The smallest absolute Gasteiger partial charge is 0.161 e. The molecule has 0 amide bonds. The molecule has 34 heavy (non-hydrogen) atoms. The molecule has 1 aliphatic rings. The third-order valence-corrected chi connectivity index (χ3v) is 6.73. The fraction of sp³-hybridized carbons (Fsp3) is 0.200. The lowest BCUT2D eigenvalue weighted by Crippen LogP contribution is -2.17. The minimum Gasteiger partial charge on any atom is -0.324 e. The Morgan fingerprint density at radius 3 is 2.79 bits per heavy atom. The van der Waals surface area contributed by atoms with Gasteiger partial charge in [0.15, 0.2) is 5.65 Å². The summed E-state index contributed by atoms with van der Waals surface area (Å²) in [6.07, 6.45) is 6.05. The van der Waals surface area contributed by atoms with Gasteiger partial charge in [-0.05, 0) is 91.6 Å². The van der Waals surface area contributed by atoms with E-state index in [0.29, 0.717) is 11.4 Å². The highest BCUT2D eigenvalue weighted by Gasteiger charge is 2.26. The standard InChI is InChI=1S/C25H22FN7S/c1-15-2-3-16(11-21(15)26)10-18-4-5-20-12-19(14-24-30-31-25(18)32(20)24)17-6-8-27-22(13-17)29-23-7-9-28-33(23)34/h2-3,6-9,11-14,18,34H,4-5,10H2,1H3,(H,27,29). The number of pyridine rings is 2. The van der Waals surface area contributed by atoms with Crippen LogP contribution in [0.15, 0.2) is 60.9 Å². The summed E-state index contributed by atoms with van der Waals surface area (Å²) in [5.41, 5.74) is 5.75. The fourth-order valence-electron chi connectivity index (χ4n) is 4.63. The Hall–Kier alpha value is -3.72. The maximum Gasteiger partial charge on any atom is 0.161 e. The summed E-state index contributed by atoms with van der Waals surface area (Å²) in [6, 6.07) is 15.5. The monoisotopic (exact) mass is 471 g/mol. The van der Waals surface area contributed by atoms with Crippen molar-refractivity contribution in [3.63, 3.8) is 0 Å². The maximum atomic E-state index is 14.1. The molecule has 7 nitrogen and oxygen atoms in total. The molecule has 0 fully saturated rings. The van der Waals surface area contributed by atoms with Crippen LogP contribution in [0.5, 0.6) is 0 Å². The Morgan fingerprint density at radius 2 is 1.97 bits per heavy atom. The van der Waals surface area contributed by atoms with Gasteiger partial charge >= 0.3 is 0 Å². The van der Waals surface area contributed by atoms with E-state index in [1.54, 1.807) is 25.4 Å². The number of hydrogen-bond donors (Lipinski definition) is 2. The lowest BCUT2D eigenvalue weighted by atomic mass is 9.90. The molecule has 5 aromatic rings. The molecule has 1 atom stereocenters. The van der Waals surface area contributed by atoms with E-state index in [2.05, 4.69) is 54.9 Å². The second kappa shape index (κ2) is 8.25. The fourth-order valence-corrected chi connectivity index (χ4v) is 4.80. The second-order valence-electron chi connectivity index (χ2n) is 8.67. The quantitative estimate of drug-likeness (QED) is 0.347. The first-order chi connectivity index (χ1) is 16.5. The molecule has 1 N–H and O–H groups in total. The average Bonchev–Trinajstić information content (AvgIpc) is 3.45. The average molecular weight is 472 g/mol. The molecule has 6 rings (SSSR count). The van der Waals surface area contributed by atoms with Gasteiger partial charge in [-0.3, -0.25) is 4.40 Å². The third-order valence-electron chi connectivity index (χ3n) is 6.41. The molecule has 0 saturated carbocycles. The molecule has 0 aliphatic carbocycles. The number of nitrogens with one attached hydrogen (secondary N) is 1. The van der Waals surface area contributed by atoms with Crippen LogP contribution in [0.2, 0.25) is 0 Å². The number of aryl methyl sites for hydroxylation is 2. The van der Waals surface area contributed by atoms with Gasteiger partial charge in [0.25, 0.3) is 0 Å². The zero-order valence-electron chi connectivity index (χ0n) is 18.5. The van der Waals surface area contributed by atoms with Gasteiger partial charge in [-0.2, -0.15) is 9.19 Å². The van der Waals surface area contributed by atoms with Crippen LogP contribution in [0.1, 0.15) is 35.0 Å². The van der Waals surface area contributed by atoms with Gasteiger partial charge in [0.05, 0.1) is 6.20 Å². The predicted molar refractivity (Wildman–Crippen MR) is 132 cm³/mol. The van der Waals surface area contributed by atoms with Crippen molar-refractivity contribution in [2.45, 2.75) is 32.1 Å². The first-order valence-electron chi connectivity index (χ1n) is 11.1. The van der Waals surface area contributed by atoms with Crippen molar-refractivity contribution in [2.24, 2.45) is 0 Å². The lowest BCUT2D eigenvalue weighted by Gasteiger charge is -2.23. The number of hydrogen-bond acceptors (Lipinski definition) is 6. The number of thiol groups is 1. The molecule has 1 aliphatic heterocycles. The van der Waals surface area contributed by atoms with Gasteiger partial charge in [-0.1, -0.05) is 12.1 Å².